The number of imidazole rings is 1. The van der Waals surface area contributed by atoms with Crippen LogP contribution in [-0.2, 0) is 17.9 Å². The number of nitrogens with zero attached hydrogens (tertiary/aromatic N) is 3. The Morgan fingerprint density at radius 1 is 0.971 bits per heavy atom. The van der Waals surface area contributed by atoms with Gasteiger partial charge in [0.05, 0.1) is 30.3 Å². The number of ether oxygens (including phenoxy) is 1. The Balaban J connectivity index is 1.61. The van der Waals surface area contributed by atoms with Crippen molar-refractivity contribution in [2.45, 2.75) is 33.0 Å². The highest BCUT2D eigenvalue weighted by atomic mass is 16.5. The molecule has 4 aromatic rings. The van der Waals surface area contributed by atoms with Gasteiger partial charge in [-0.25, -0.2) is 4.98 Å². The minimum absolute atomic E-state index is 0.0154. The van der Waals surface area contributed by atoms with Crippen molar-refractivity contribution in [3.05, 3.63) is 90.3 Å². The standard InChI is InChI=1S/C27H28N4O3/c1-19(2)31(20-11-5-4-6-12-20)26(32)18-30-23-15-9-8-14-22(23)29-25(30)17-28-27(33)21-13-7-10-16-24(21)34-3/h4-16,19H,17-18H2,1-3H3,(H,28,33). The smallest absolute Gasteiger partial charge is 0.255 e. The third-order valence-corrected chi connectivity index (χ3v) is 5.61. The molecule has 0 unspecified atom stereocenters. The number of rotatable bonds is 8. The number of hydrogen-bond donors (Lipinski definition) is 1. The second kappa shape index (κ2) is 10.2. The van der Waals surface area contributed by atoms with E-state index in [4.69, 9.17) is 9.72 Å². The largest absolute Gasteiger partial charge is 0.496 e. The van der Waals surface area contributed by atoms with Gasteiger partial charge in [0.25, 0.3) is 5.91 Å². The lowest BCUT2D eigenvalue weighted by molar-refractivity contribution is -0.119. The van der Waals surface area contributed by atoms with E-state index in [-0.39, 0.29) is 30.9 Å². The number of anilines is 1. The van der Waals surface area contributed by atoms with Crippen LogP contribution in [0.5, 0.6) is 5.75 Å². The third-order valence-electron chi connectivity index (χ3n) is 5.61. The lowest BCUT2D eigenvalue weighted by Crippen LogP contribution is -2.39. The van der Waals surface area contributed by atoms with E-state index in [1.165, 1.54) is 7.11 Å². The Labute approximate surface area is 199 Å². The molecule has 0 saturated heterocycles. The van der Waals surface area contributed by atoms with Gasteiger partial charge in [-0.1, -0.05) is 42.5 Å². The summed E-state index contributed by atoms with van der Waals surface area (Å²) in [5.41, 5.74) is 2.90. The molecule has 0 bridgehead atoms. The molecule has 0 fully saturated rings. The summed E-state index contributed by atoms with van der Waals surface area (Å²) in [6.45, 7) is 4.26. The zero-order valence-electron chi connectivity index (χ0n) is 19.6. The fourth-order valence-electron chi connectivity index (χ4n) is 4.05. The van der Waals surface area contributed by atoms with Gasteiger partial charge in [0.1, 0.15) is 18.1 Å². The molecule has 0 aliphatic carbocycles. The maximum atomic E-state index is 13.5. The topological polar surface area (TPSA) is 76.5 Å². The van der Waals surface area contributed by atoms with E-state index in [9.17, 15) is 9.59 Å². The average Bonchev–Trinajstić information content (AvgIpc) is 3.20. The SMILES string of the molecule is COc1ccccc1C(=O)NCc1nc2ccccc2n1CC(=O)N(c1ccccc1)C(C)C. The Kier molecular flexibility index (Phi) is 6.92. The number of amides is 2. The second-order valence-electron chi connectivity index (χ2n) is 8.18. The van der Waals surface area contributed by atoms with Crippen LogP contribution < -0.4 is 15.0 Å². The van der Waals surface area contributed by atoms with Gasteiger partial charge in [0.2, 0.25) is 5.91 Å². The van der Waals surface area contributed by atoms with Crippen LogP contribution in [0.15, 0.2) is 78.9 Å². The van der Waals surface area contributed by atoms with Crippen molar-refractivity contribution >= 4 is 28.5 Å². The van der Waals surface area contributed by atoms with Crippen LogP contribution in [0.3, 0.4) is 0 Å². The number of carbonyl (C=O) groups is 2. The minimum Gasteiger partial charge on any atom is -0.496 e. The van der Waals surface area contributed by atoms with Gasteiger partial charge >= 0.3 is 0 Å². The Hall–Kier alpha value is -4.13. The van der Waals surface area contributed by atoms with Crippen molar-refractivity contribution in [2.24, 2.45) is 0 Å². The van der Waals surface area contributed by atoms with Gasteiger partial charge in [-0.2, -0.15) is 0 Å². The molecule has 1 heterocycles. The summed E-state index contributed by atoms with van der Waals surface area (Å²) in [4.78, 5) is 32.8. The van der Waals surface area contributed by atoms with Crippen LogP contribution in [0, 0.1) is 0 Å². The first-order valence-corrected chi connectivity index (χ1v) is 11.2. The molecule has 0 radical (unpaired) electrons. The summed E-state index contributed by atoms with van der Waals surface area (Å²) in [5.74, 6) is 0.783. The van der Waals surface area contributed by atoms with Crippen LogP contribution in [0.1, 0.15) is 30.0 Å². The summed E-state index contributed by atoms with van der Waals surface area (Å²) in [5, 5.41) is 2.92. The lowest BCUT2D eigenvalue weighted by atomic mass is 10.2. The number of para-hydroxylation sites is 4. The normalized spacial score (nSPS) is 10.9. The van der Waals surface area contributed by atoms with Gasteiger partial charge in [-0.3, -0.25) is 9.59 Å². The second-order valence-corrected chi connectivity index (χ2v) is 8.18. The van der Waals surface area contributed by atoms with Crippen LogP contribution >= 0.6 is 0 Å². The molecule has 174 valence electrons. The van der Waals surface area contributed by atoms with Gasteiger partial charge in [0, 0.05) is 11.7 Å². The highest BCUT2D eigenvalue weighted by molar-refractivity contribution is 5.97. The van der Waals surface area contributed by atoms with E-state index in [0.717, 1.165) is 16.7 Å². The molecule has 0 atom stereocenters. The van der Waals surface area contributed by atoms with E-state index < -0.39 is 0 Å². The molecule has 0 aliphatic heterocycles. The number of benzene rings is 3. The van der Waals surface area contributed by atoms with E-state index in [1.807, 2.05) is 79.1 Å². The van der Waals surface area contributed by atoms with E-state index in [1.54, 1.807) is 23.1 Å². The Morgan fingerprint density at radius 2 is 1.65 bits per heavy atom. The molecular formula is C27H28N4O3. The van der Waals surface area contributed by atoms with E-state index in [2.05, 4.69) is 5.32 Å². The molecule has 2 amide bonds. The maximum absolute atomic E-state index is 13.5. The number of aromatic nitrogens is 2. The van der Waals surface area contributed by atoms with Crippen LogP contribution in [0.25, 0.3) is 11.0 Å². The maximum Gasteiger partial charge on any atom is 0.255 e. The molecule has 4 rings (SSSR count). The number of carbonyl (C=O) groups excluding carboxylic acids is 2. The van der Waals surface area contributed by atoms with Crippen molar-refractivity contribution < 1.29 is 14.3 Å². The molecule has 1 aromatic heterocycles. The van der Waals surface area contributed by atoms with Crippen molar-refractivity contribution in [3.8, 4) is 5.75 Å². The Morgan fingerprint density at radius 3 is 2.38 bits per heavy atom. The first-order chi connectivity index (χ1) is 16.5. The molecule has 7 nitrogen and oxygen atoms in total. The van der Waals surface area contributed by atoms with Gasteiger partial charge < -0.3 is 19.5 Å². The van der Waals surface area contributed by atoms with Gasteiger partial charge in [-0.15, -0.1) is 0 Å². The first-order valence-electron chi connectivity index (χ1n) is 11.2. The number of nitrogens with one attached hydrogen (secondary N) is 1. The van der Waals surface area contributed by atoms with Crippen molar-refractivity contribution in [2.75, 3.05) is 12.0 Å². The van der Waals surface area contributed by atoms with Crippen molar-refractivity contribution in [1.82, 2.24) is 14.9 Å². The predicted octanol–water partition coefficient (Wildman–Crippen LogP) is 4.42. The average molecular weight is 457 g/mol. The summed E-state index contributed by atoms with van der Waals surface area (Å²) in [6, 6.07) is 24.3. The molecular weight excluding hydrogens is 428 g/mol. The van der Waals surface area contributed by atoms with Gasteiger partial charge in [0.15, 0.2) is 0 Å². The molecule has 0 saturated carbocycles. The summed E-state index contributed by atoms with van der Waals surface area (Å²) in [6.07, 6.45) is 0. The van der Waals surface area contributed by atoms with Crippen LogP contribution in [0.2, 0.25) is 0 Å². The predicted molar refractivity (Wildman–Crippen MR) is 133 cm³/mol. The fraction of sp³-hybridized carbons (Fsp3) is 0.222. The quantitative estimate of drug-likeness (QED) is 0.426. The highest BCUT2D eigenvalue weighted by Crippen LogP contribution is 2.21. The minimum atomic E-state index is -0.268. The molecule has 1 N–H and O–H groups in total. The first kappa shape index (κ1) is 23.0. The molecule has 34 heavy (non-hydrogen) atoms. The molecule has 3 aromatic carbocycles. The zero-order valence-corrected chi connectivity index (χ0v) is 19.6. The monoisotopic (exact) mass is 456 g/mol. The van der Waals surface area contributed by atoms with Crippen molar-refractivity contribution in [3.63, 3.8) is 0 Å². The summed E-state index contributed by atoms with van der Waals surface area (Å²) < 4.78 is 7.18. The zero-order chi connectivity index (χ0) is 24.1. The van der Waals surface area contributed by atoms with Crippen molar-refractivity contribution in [1.29, 1.82) is 0 Å². The molecule has 7 heteroatoms. The lowest BCUT2D eigenvalue weighted by Gasteiger charge is -2.27. The molecule has 0 spiro atoms. The molecule has 0 aliphatic rings. The summed E-state index contributed by atoms with van der Waals surface area (Å²) >= 11 is 0. The third kappa shape index (κ3) is 4.78. The van der Waals surface area contributed by atoms with Crippen LogP contribution in [0.4, 0.5) is 5.69 Å². The number of fused-ring (bicyclic) bond motifs is 1. The van der Waals surface area contributed by atoms with E-state index >= 15 is 0 Å². The van der Waals surface area contributed by atoms with Gasteiger partial charge in [-0.05, 0) is 50.2 Å². The van der Waals surface area contributed by atoms with Crippen LogP contribution in [-0.4, -0.2) is 34.5 Å². The fourth-order valence-corrected chi connectivity index (χ4v) is 4.05. The highest BCUT2D eigenvalue weighted by Gasteiger charge is 2.22. The summed E-state index contributed by atoms with van der Waals surface area (Å²) in [7, 11) is 1.53. The number of methoxy groups -OCH3 is 1. The number of hydrogen-bond acceptors (Lipinski definition) is 4. The Bertz CT molecular complexity index is 1300. The van der Waals surface area contributed by atoms with E-state index in [0.29, 0.717) is 17.1 Å².